The van der Waals surface area contributed by atoms with Crippen LogP contribution in [0.25, 0.3) is 0 Å². The third kappa shape index (κ3) is 4.06. The summed E-state index contributed by atoms with van der Waals surface area (Å²) in [5, 5.41) is 2.77. The molecule has 102 valence electrons. The first-order valence-corrected chi connectivity index (χ1v) is 7.24. The highest BCUT2D eigenvalue weighted by Crippen LogP contribution is 2.17. The molecule has 0 aromatic heterocycles. The van der Waals surface area contributed by atoms with Crippen molar-refractivity contribution in [3.05, 3.63) is 34.3 Å². The van der Waals surface area contributed by atoms with Crippen LogP contribution in [0.15, 0.2) is 28.7 Å². The highest BCUT2D eigenvalue weighted by Gasteiger charge is 2.18. The molecule has 2 amide bonds. The lowest BCUT2D eigenvalue weighted by Gasteiger charge is -2.19. The summed E-state index contributed by atoms with van der Waals surface area (Å²) in [6, 6.07) is 7.93. The summed E-state index contributed by atoms with van der Waals surface area (Å²) in [6.07, 6.45) is 1.61. The number of amides is 2. The fourth-order valence-electron chi connectivity index (χ4n) is 2.12. The van der Waals surface area contributed by atoms with Gasteiger partial charge in [0.2, 0.25) is 11.8 Å². The second kappa shape index (κ2) is 6.70. The van der Waals surface area contributed by atoms with E-state index < -0.39 is 0 Å². The summed E-state index contributed by atoms with van der Waals surface area (Å²) in [4.78, 5) is 25.1. The molecule has 2 rings (SSSR count). The molecule has 1 aromatic rings. The lowest BCUT2D eigenvalue weighted by molar-refractivity contribution is -0.131. The van der Waals surface area contributed by atoms with Gasteiger partial charge in [-0.1, -0.05) is 34.1 Å². The Balaban J connectivity index is 1.87. The van der Waals surface area contributed by atoms with E-state index in [1.165, 1.54) is 0 Å². The van der Waals surface area contributed by atoms with E-state index in [1.54, 1.807) is 4.90 Å². The minimum Gasteiger partial charge on any atom is -0.354 e. The molecule has 1 heterocycles. The first-order chi connectivity index (χ1) is 9.16. The van der Waals surface area contributed by atoms with Gasteiger partial charge in [-0.25, -0.2) is 0 Å². The zero-order valence-electron chi connectivity index (χ0n) is 10.7. The van der Waals surface area contributed by atoms with E-state index in [0.717, 1.165) is 16.5 Å². The summed E-state index contributed by atoms with van der Waals surface area (Å²) < 4.78 is 1.04. The molecule has 5 heteroatoms. The number of aryl methyl sites for hydroxylation is 1. The zero-order valence-corrected chi connectivity index (χ0v) is 12.3. The average Bonchev–Trinajstić information content (AvgIpc) is 2.62. The molecule has 0 unspecified atom stereocenters. The summed E-state index contributed by atoms with van der Waals surface area (Å²) >= 11 is 3.48. The number of hydrogen-bond donors (Lipinski definition) is 1. The molecular formula is C14H17BrN2O2. The van der Waals surface area contributed by atoms with Crippen LogP contribution in [0.1, 0.15) is 18.4 Å². The van der Waals surface area contributed by atoms with Gasteiger partial charge in [0, 0.05) is 36.9 Å². The van der Waals surface area contributed by atoms with E-state index in [9.17, 15) is 9.59 Å². The summed E-state index contributed by atoms with van der Waals surface area (Å²) in [7, 11) is 0. The third-order valence-corrected chi connectivity index (χ3v) is 4.01. The molecule has 0 aliphatic carbocycles. The molecule has 1 N–H and O–H groups in total. The second-order valence-electron chi connectivity index (χ2n) is 4.57. The second-order valence-corrected chi connectivity index (χ2v) is 5.43. The molecule has 1 fully saturated rings. The molecule has 1 aliphatic rings. The van der Waals surface area contributed by atoms with Gasteiger partial charge >= 0.3 is 0 Å². The maximum Gasteiger partial charge on any atom is 0.222 e. The van der Waals surface area contributed by atoms with Gasteiger partial charge < -0.3 is 10.2 Å². The van der Waals surface area contributed by atoms with Crippen LogP contribution >= 0.6 is 15.9 Å². The Labute approximate surface area is 121 Å². The molecule has 19 heavy (non-hydrogen) atoms. The quantitative estimate of drug-likeness (QED) is 0.920. The van der Waals surface area contributed by atoms with Gasteiger partial charge in [0.05, 0.1) is 0 Å². The number of carbonyl (C=O) groups is 2. The molecule has 0 bridgehead atoms. The Morgan fingerprint density at radius 3 is 2.89 bits per heavy atom. The average molecular weight is 325 g/mol. The molecule has 0 radical (unpaired) electrons. The predicted molar refractivity (Wildman–Crippen MR) is 76.7 cm³/mol. The summed E-state index contributed by atoms with van der Waals surface area (Å²) in [6.45, 7) is 1.70. The molecule has 1 aliphatic heterocycles. The number of hydrogen-bond acceptors (Lipinski definition) is 2. The maximum absolute atomic E-state index is 12.1. The summed E-state index contributed by atoms with van der Waals surface area (Å²) in [5.74, 6) is 0.147. The van der Waals surface area contributed by atoms with Gasteiger partial charge in [0.15, 0.2) is 0 Å². The molecule has 1 saturated heterocycles. The molecule has 0 saturated carbocycles. The number of nitrogens with one attached hydrogen (secondary N) is 1. The van der Waals surface area contributed by atoms with Crippen LogP contribution in [0.3, 0.4) is 0 Å². The molecule has 4 nitrogen and oxygen atoms in total. The predicted octanol–water partition coefficient (Wildman–Crippen LogP) is 1.73. The van der Waals surface area contributed by atoms with E-state index in [-0.39, 0.29) is 11.8 Å². The van der Waals surface area contributed by atoms with Crippen LogP contribution in [0.2, 0.25) is 0 Å². The van der Waals surface area contributed by atoms with Crippen LogP contribution in [-0.4, -0.2) is 36.3 Å². The monoisotopic (exact) mass is 324 g/mol. The van der Waals surface area contributed by atoms with E-state index in [0.29, 0.717) is 32.5 Å². The van der Waals surface area contributed by atoms with Crippen molar-refractivity contribution in [1.29, 1.82) is 0 Å². The van der Waals surface area contributed by atoms with Crippen LogP contribution in [0, 0.1) is 0 Å². The fraction of sp³-hybridized carbons (Fsp3) is 0.429. The van der Waals surface area contributed by atoms with E-state index in [2.05, 4.69) is 21.2 Å². The third-order valence-electron chi connectivity index (χ3n) is 3.23. The smallest absolute Gasteiger partial charge is 0.222 e. The topological polar surface area (TPSA) is 49.4 Å². The fourth-order valence-corrected chi connectivity index (χ4v) is 2.60. The Hall–Kier alpha value is -1.36. The van der Waals surface area contributed by atoms with Gasteiger partial charge in [0.25, 0.3) is 0 Å². The van der Waals surface area contributed by atoms with Crippen LogP contribution < -0.4 is 5.32 Å². The lowest BCUT2D eigenvalue weighted by Crippen LogP contribution is -2.34. The Kier molecular flexibility index (Phi) is 4.96. The minimum absolute atomic E-state index is 0.0288. The van der Waals surface area contributed by atoms with Crippen molar-refractivity contribution in [1.82, 2.24) is 10.2 Å². The van der Waals surface area contributed by atoms with Crippen molar-refractivity contribution in [2.24, 2.45) is 0 Å². The standard InChI is InChI=1S/C14H17BrN2O2/c15-12-4-2-1-3-11(12)5-6-14(19)17-9-7-13(18)16-8-10-17/h1-4H,5-10H2,(H,16,18). The van der Waals surface area contributed by atoms with Crippen molar-refractivity contribution in [3.63, 3.8) is 0 Å². The Morgan fingerprint density at radius 2 is 2.11 bits per heavy atom. The highest BCUT2D eigenvalue weighted by molar-refractivity contribution is 9.10. The number of halogens is 1. The van der Waals surface area contributed by atoms with Crippen molar-refractivity contribution >= 4 is 27.7 Å². The van der Waals surface area contributed by atoms with Crippen LogP contribution in [0.4, 0.5) is 0 Å². The summed E-state index contributed by atoms with van der Waals surface area (Å²) in [5.41, 5.74) is 1.14. The first-order valence-electron chi connectivity index (χ1n) is 6.44. The van der Waals surface area contributed by atoms with E-state index in [4.69, 9.17) is 0 Å². The number of nitrogens with zero attached hydrogens (tertiary/aromatic N) is 1. The molecule has 0 spiro atoms. The van der Waals surface area contributed by atoms with Gasteiger partial charge in [0.1, 0.15) is 0 Å². The van der Waals surface area contributed by atoms with Crippen LogP contribution in [0.5, 0.6) is 0 Å². The lowest BCUT2D eigenvalue weighted by atomic mass is 10.1. The number of carbonyl (C=O) groups excluding carboxylic acids is 2. The van der Waals surface area contributed by atoms with E-state index in [1.807, 2.05) is 24.3 Å². The number of benzene rings is 1. The minimum atomic E-state index is 0.0288. The highest BCUT2D eigenvalue weighted by atomic mass is 79.9. The van der Waals surface area contributed by atoms with Gasteiger partial charge in [-0.3, -0.25) is 9.59 Å². The van der Waals surface area contributed by atoms with Crippen molar-refractivity contribution in [2.75, 3.05) is 19.6 Å². The SMILES string of the molecule is O=C1CCN(C(=O)CCc2ccccc2Br)CCN1. The van der Waals surface area contributed by atoms with Crippen molar-refractivity contribution in [2.45, 2.75) is 19.3 Å². The van der Waals surface area contributed by atoms with Gasteiger partial charge in [-0.05, 0) is 18.1 Å². The normalized spacial score (nSPS) is 15.8. The van der Waals surface area contributed by atoms with E-state index >= 15 is 0 Å². The van der Waals surface area contributed by atoms with Crippen molar-refractivity contribution < 1.29 is 9.59 Å². The van der Waals surface area contributed by atoms with Crippen LogP contribution in [-0.2, 0) is 16.0 Å². The first kappa shape index (κ1) is 14.1. The number of rotatable bonds is 3. The Morgan fingerprint density at radius 1 is 1.32 bits per heavy atom. The largest absolute Gasteiger partial charge is 0.354 e. The Bertz CT molecular complexity index is 476. The molecule has 1 aromatic carbocycles. The van der Waals surface area contributed by atoms with Gasteiger partial charge in [-0.2, -0.15) is 0 Å². The van der Waals surface area contributed by atoms with Gasteiger partial charge in [-0.15, -0.1) is 0 Å². The molecule has 0 atom stereocenters. The van der Waals surface area contributed by atoms with Crippen molar-refractivity contribution in [3.8, 4) is 0 Å². The molecular weight excluding hydrogens is 308 g/mol. The zero-order chi connectivity index (χ0) is 13.7. The maximum atomic E-state index is 12.1.